The molecule has 0 radical (unpaired) electrons. The zero-order valence-corrected chi connectivity index (χ0v) is 7.98. The van der Waals surface area contributed by atoms with Crippen LogP contribution in [0, 0.1) is 0 Å². The second kappa shape index (κ2) is 3.95. The first-order valence-electron chi connectivity index (χ1n) is 4.16. The average molecular weight is 197 g/mol. The third-order valence-corrected chi connectivity index (χ3v) is 1.67. The summed E-state index contributed by atoms with van der Waals surface area (Å²) < 4.78 is 5.73. The molecule has 0 bridgehead atoms. The molecule has 0 fully saturated rings. The van der Waals surface area contributed by atoms with Gasteiger partial charge in [-0.2, -0.15) is 0 Å². The highest BCUT2D eigenvalue weighted by atomic mass is 16.5. The summed E-state index contributed by atoms with van der Waals surface area (Å²) >= 11 is 0. The third-order valence-electron chi connectivity index (χ3n) is 1.67. The average Bonchev–Trinajstić information content (AvgIpc) is 2.47. The van der Waals surface area contributed by atoms with E-state index in [1.165, 1.54) is 19.2 Å². The van der Waals surface area contributed by atoms with Crippen LogP contribution in [0.5, 0.6) is 5.75 Å². The molecule has 0 saturated carbocycles. The molecule has 0 aliphatic carbocycles. The number of nitrogens with zero attached hydrogens (tertiary/aromatic N) is 1. The summed E-state index contributed by atoms with van der Waals surface area (Å²) in [6.07, 6.45) is 1.32. The second-order valence-corrected chi connectivity index (χ2v) is 2.66. The van der Waals surface area contributed by atoms with Crippen molar-refractivity contribution in [1.82, 2.24) is 4.57 Å². The second-order valence-electron chi connectivity index (χ2n) is 2.66. The van der Waals surface area contributed by atoms with Gasteiger partial charge in [-0.1, -0.05) is 0 Å². The van der Waals surface area contributed by atoms with Gasteiger partial charge in [0.1, 0.15) is 5.75 Å². The fourth-order valence-corrected chi connectivity index (χ4v) is 1.09. The summed E-state index contributed by atoms with van der Waals surface area (Å²) in [6.45, 7) is 3.14. The van der Waals surface area contributed by atoms with Crippen LogP contribution < -0.4 is 0 Å². The molecule has 0 amide bonds. The number of aromatic nitrogens is 1. The standard InChI is InChI=1S/C9H11NO4/c1-3-14-9(13)8-7(12)4-5-10(8)6(2)11/h4-5,12H,3H2,1-2H3. The van der Waals surface area contributed by atoms with Gasteiger partial charge >= 0.3 is 5.97 Å². The molecule has 1 heterocycles. The molecule has 1 aromatic heterocycles. The first-order chi connectivity index (χ1) is 6.57. The Labute approximate surface area is 80.9 Å². The smallest absolute Gasteiger partial charge is 0.359 e. The van der Waals surface area contributed by atoms with Crippen LogP contribution in [0.2, 0.25) is 0 Å². The van der Waals surface area contributed by atoms with Gasteiger partial charge in [0.25, 0.3) is 0 Å². The number of aromatic hydroxyl groups is 1. The highest BCUT2D eigenvalue weighted by Gasteiger charge is 2.19. The Morgan fingerprint density at radius 2 is 2.21 bits per heavy atom. The minimum absolute atomic E-state index is 0.126. The molecule has 5 nitrogen and oxygen atoms in total. The molecular weight excluding hydrogens is 186 g/mol. The summed E-state index contributed by atoms with van der Waals surface area (Å²) in [5.74, 6) is -1.31. The maximum absolute atomic E-state index is 11.3. The molecule has 5 heteroatoms. The summed E-state index contributed by atoms with van der Waals surface area (Å²) in [5.41, 5.74) is -0.126. The van der Waals surface area contributed by atoms with Crippen LogP contribution in [0.3, 0.4) is 0 Å². The number of carbonyl (C=O) groups excluding carboxylic acids is 2. The van der Waals surface area contributed by atoms with Crippen LogP contribution >= 0.6 is 0 Å². The summed E-state index contributed by atoms with van der Waals surface area (Å²) in [4.78, 5) is 22.3. The predicted octanol–water partition coefficient (Wildman–Crippen LogP) is 1.03. The van der Waals surface area contributed by atoms with Crippen LogP contribution in [0.1, 0.15) is 29.1 Å². The van der Waals surface area contributed by atoms with Crippen LogP contribution in [-0.2, 0) is 4.74 Å². The summed E-state index contributed by atoms with van der Waals surface area (Å²) in [7, 11) is 0. The quantitative estimate of drug-likeness (QED) is 0.719. The molecule has 1 aromatic rings. The van der Waals surface area contributed by atoms with Crippen molar-refractivity contribution in [3.63, 3.8) is 0 Å². The van der Waals surface area contributed by atoms with E-state index >= 15 is 0 Å². The van der Waals surface area contributed by atoms with E-state index in [9.17, 15) is 14.7 Å². The van der Waals surface area contributed by atoms with Crippen molar-refractivity contribution in [3.05, 3.63) is 18.0 Å². The first kappa shape index (κ1) is 10.3. The van der Waals surface area contributed by atoms with Crippen molar-refractivity contribution < 1.29 is 19.4 Å². The van der Waals surface area contributed by atoms with Crippen LogP contribution in [0.4, 0.5) is 0 Å². The molecule has 0 spiro atoms. The van der Waals surface area contributed by atoms with E-state index in [2.05, 4.69) is 4.74 Å². The van der Waals surface area contributed by atoms with E-state index in [1.54, 1.807) is 6.92 Å². The van der Waals surface area contributed by atoms with Crippen molar-refractivity contribution in [2.45, 2.75) is 13.8 Å². The number of esters is 1. The number of carbonyl (C=O) groups is 2. The lowest BCUT2D eigenvalue weighted by molar-refractivity contribution is 0.0505. The van der Waals surface area contributed by atoms with Gasteiger partial charge in [-0.05, 0) is 13.0 Å². The largest absolute Gasteiger partial charge is 0.505 e. The zero-order valence-electron chi connectivity index (χ0n) is 7.98. The molecule has 0 atom stereocenters. The SMILES string of the molecule is CCOC(=O)c1c(O)ccn1C(C)=O. The van der Waals surface area contributed by atoms with Crippen LogP contribution in [-0.4, -0.2) is 28.2 Å². The van der Waals surface area contributed by atoms with E-state index in [0.29, 0.717) is 0 Å². The van der Waals surface area contributed by atoms with E-state index in [0.717, 1.165) is 4.57 Å². The van der Waals surface area contributed by atoms with Gasteiger partial charge in [0.2, 0.25) is 5.91 Å². The predicted molar refractivity (Wildman–Crippen MR) is 48.4 cm³/mol. The number of hydrogen-bond donors (Lipinski definition) is 1. The third kappa shape index (κ3) is 1.76. The molecule has 76 valence electrons. The molecule has 1 rings (SSSR count). The Hall–Kier alpha value is -1.78. The van der Waals surface area contributed by atoms with Crippen LogP contribution in [0.15, 0.2) is 12.3 Å². The highest BCUT2D eigenvalue weighted by Crippen LogP contribution is 2.18. The van der Waals surface area contributed by atoms with Gasteiger partial charge in [0.15, 0.2) is 5.69 Å². The molecule has 0 unspecified atom stereocenters. The number of ether oxygens (including phenoxy) is 1. The monoisotopic (exact) mass is 197 g/mol. The van der Waals surface area contributed by atoms with Gasteiger partial charge in [-0.3, -0.25) is 9.36 Å². The summed E-state index contributed by atoms with van der Waals surface area (Å²) in [5, 5.41) is 9.30. The van der Waals surface area contributed by atoms with E-state index in [1.807, 2.05) is 0 Å². The summed E-state index contributed by atoms with van der Waals surface area (Å²) in [6, 6.07) is 1.27. The maximum Gasteiger partial charge on any atom is 0.359 e. The molecule has 0 aliphatic rings. The van der Waals surface area contributed by atoms with Crippen molar-refractivity contribution in [2.24, 2.45) is 0 Å². The Morgan fingerprint density at radius 3 is 2.71 bits per heavy atom. The fourth-order valence-electron chi connectivity index (χ4n) is 1.09. The molecule has 14 heavy (non-hydrogen) atoms. The Bertz CT molecular complexity index is 367. The highest BCUT2D eigenvalue weighted by molar-refractivity contribution is 5.95. The molecule has 1 N–H and O–H groups in total. The topological polar surface area (TPSA) is 68.5 Å². The number of rotatable bonds is 2. The van der Waals surface area contributed by atoms with Gasteiger partial charge < -0.3 is 9.84 Å². The van der Waals surface area contributed by atoms with Crippen molar-refractivity contribution in [1.29, 1.82) is 0 Å². The molecule has 0 aromatic carbocycles. The Kier molecular flexibility index (Phi) is 2.91. The lowest BCUT2D eigenvalue weighted by Gasteiger charge is -2.04. The minimum Gasteiger partial charge on any atom is -0.505 e. The van der Waals surface area contributed by atoms with Crippen molar-refractivity contribution >= 4 is 11.9 Å². The normalized spacial score (nSPS) is 9.86. The Balaban J connectivity index is 3.11. The van der Waals surface area contributed by atoms with Crippen molar-refractivity contribution in [3.8, 4) is 5.75 Å². The van der Waals surface area contributed by atoms with Gasteiger partial charge in [-0.15, -0.1) is 0 Å². The van der Waals surface area contributed by atoms with Gasteiger partial charge in [-0.25, -0.2) is 4.79 Å². The van der Waals surface area contributed by atoms with E-state index in [4.69, 9.17) is 0 Å². The zero-order chi connectivity index (χ0) is 10.7. The molecule has 0 aliphatic heterocycles. The Morgan fingerprint density at radius 1 is 1.57 bits per heavy atom. The number of hydrogen-bond acceptors (Lipinski definition) is 4. The van der Waals surface area contributed by atoms with Crippen molar-refractivity contribution in [2.75, 3.05) is 6.61 Å². The fraction of sp³-hybridized carbons (Fsp3) is 0.333. The lowest BCUT2D eigenvalue weighted by Crippen LogP contribution is -2.15. The first-order valence-corrected chi connectivity index (χ1v) is 4.16. The van der Waals surface area contributed by atoms with E-state index in [-0.39, 0.29) is 24.0 Å². The minimum atomic E-state index is -0.704. The maximum atomic E-state index is 11.3. The van der Waals surface area contributed by atoms with Crippen LogP contribution in [0.25, 0.3) is 0 Å². The van der Waals surface area contributed by atoms with E-state index < -0.39 is 5.97 Å². The molecule has 0 saturated heterocycles. The molecular formula is C9H11NO4. The lowest BCUT2D eigenvalue weighted by atomic mass is 10.4. The van der Waals surface area contributed by atoms with Gasteiger partial charge in [0, 0.05) is 13.1 Å². The van der Waals surface area contributed by atoms with Gasteiger partial charge in [0.05, 0.1) is 6.61 Å².